The lowest BCUT2D eigenvalue weighted by atomic mass is 10.0. The molecule has 1 aliphatic heterocycles. The van der Waals surface area contributed by atoms with E-state index in [1.54, 1.807) is 12.3 Å². The van der Waals surface area contributed by atoms with Crippen LogP contribution in [0.3, 0.4) is 0 Å². The number of pyridine rings is 1. The Morgan fingerprint density at radius 3 is 3.00 bits per heavy atom. The van der Waals surface area contributed by atoms with Gasteiger partial charge in [0.05, 0.1) is 0 Å². The van der Waals surface area contributed by atoms with Gasteiger partial charge in [0.15, 0.2) is 0 Å². The molecule has 0 atom stereocenters. The van der Waals surface area contributed by atoms with E-state index in [1.165, 1.54) is 5.57 Å². The number of anilines is 1. The number of allylic oxidation sites excluding steroid dienone is 1. The van der Waals surface area contributed by atoms with Gasteiger partial charge in [0.2, 0.25) is 0 Å². The van der Waals surface area contributed by atoms with Crippen molar-refractivity contribution < 1.29 is 0 Å². The molecule has 0 radical (unpaired) electrons. The van der Waals surface area contributed by atoms with Crippen molar-refractivity contribution in [3.8, 4) is 0 Å². The number of hydrogen-bond donors (Lipinski definition) is 1. The fourth-order valence-electron chi connectivity index (χ4n) is 1.48. The van der Waals surface area contributed by atoms with Gasteiger partial charge in [-0.05, 0) is 23.8 Å². The van der Waals surface area contributed by atoms with Crippen molar-refractivity contribution in [2.75, 3.05) is 17.2 Å². The van der Waals surface area contributed by atoms with Crippen LogP contribution in [0.15, 0.2) is 18.3 Å². The van der Waals surface area contributed by atoms with E-state index in [2.05, 4.69) is 11.1 Å². The van der Waals surface area contributed by atoms with E-state index < -0.39 is 0 Å². The number of nitrogen functional groups attached to an aromatic ring is 1. The zero-order chi connectivity index (χ0) is 9.97. The first-order valence-corrected chi connectivity index (χ1v) is 5.99. The Kier molecular flexibility index (Phi) is 2.99. The van der Waals surface area contributed by atoms with Gasteiger partial charge in [-0.3, -0.25) is 0 Å². The Morgan fingerprint density at radius 2 is 2.36 bits per heavy atom. The van der Waals surface area contributed by atoms with Gasteiger partial charge in [-0.15, -0.1) is 0 Å². The van der Waals surface area contributed by atoms with Crippen molar-refractivity contribution in [3.05, 3.63) is 29.1 Å². The van der Waals surface area contributed by atoms with Gasteiger partial charge in [-0.2, -0.15) is 11.8 Å². The Labute approximate surface area is 92.5 Å². The molecule has 0 aromatic carbocycles. The largest absolute Gasteiger partial charge is 0.398 e. The number of halogens is 1. The lowest BCUT2D eigenvalue weighted by molar-refractivity contribution is 1.21. The van der Waals surface area contributed by atoms with Crippen LogP contribution in [0.4, 0.5) is 5.69 Å². The maximum atomic E-state index is 5.88. The molecule has 0 spiro atoms. The molecule has 0 amide bonds. The molecule has 0 saturated heterocycles. The van der Waals surface area contributed by atoms with Crippen molar-refractivity contribution >= 4 is 34.6 Å². The molecule has 4 heteroatoms. The molecule has 0 aliphatic carbocycles. The second-order valence-corrected chi connectivity index (χ2v) is 4.69. The van der Waals surface area contributed by atoms with Crippen molar-refractivity contribution in [3.63, 3.8) is 0 Å². The fourth-order valence-corrected chi connectivity index (χ4v) is 2.50. The quantitative estimate of drug-likeness (QED) is 0.749. The molecule has 14 heavy (non-hydrogen) atoms. The molecular weight excluding hydrogens is 216 g/mol. The second kappa shape index (κ2) is 4.24. The molecule has 0 fully saturated rings. The van der Waals surface area contributed by atoms with Gasteiger partial charge in [0.1, 0.15) is 5.15 Å². The van der Waals surface area contributed by atoms with Gasteiger partial charge in [0.25, 0.3) is 0 Å². The van der Waals surface area contributed by atoms with Crippen LogP contribution < -0.4 is 5.73 Å². The van der Waals surface area contributed by atoms with Gasteiger partial charge < -0.3 is 5.73 Å². The minimum absolute atomic E-state index is 0.456. The molecule has 2 heterocycles. The number of thioether (sulfide) groups is 1. The number of aromatic nitrogens is 1. The number of rotatable bonds is 1. The van der Waals surface area contributed by atoms with Crippen LogP contribution in [0.1, 0.15) is 12.0 Å². The molecule has 0 bridgehead atoms. The second-order valence-electron chi connectivity index (χ2n) is 3.15. The predicted molar refractivity (Wildman–Crippen MR) is 63.6 cm³/mol. The van der Waals surface area contributed by atoms with Crippen LogP contribution in [0.5, 0.6) is 0 Å². The maximum Gasteiger partial charge on any atom is 0.131 e. The summed E-state index contributed by atoms with van der Waals surface area (Å²) in [4.78, 5) is 4.05. The molecular formula is C10H11ClN2S. The third-order valence-corrected chi connectivity index (χ3v) is 3.31. The number of hydrogen-bond acceptors (Lipinski definition) is 3. The third kappa shape index (κ3) is 2.04. The van der Waals surface area contributed by atoms with Gasteiger partial charge in [-0.1, -0.05) is 17.7 Å². The topological polar surface area (TPSA) is 38.9 Å². The highest BCUT2D eigenvalue weighted by Crippen LogP contribution is 2.29. The van der Waals surface area contributed by atoms with E-state index in [-0.39, 0.29) is 0 Å². The van der Waals surface area contributed by atoms with E-state index in [1.807, 2.05) is 11.8 Å². The highest BCUT2D eigenvalue weighted by Gasteiger charge is 2.09. The Morgan fingerprint density at radius 1 is 1.50 bits per heavy atom. The van der Waals surface area contributed by atoms with E-state index >= 15 is 0 Å². The van der Waals surface area contributed by atoms with Crippen LogP contribution in [0.2, 0.25) is 5.15 Å². The summed E-state index contributed by atoms with van der Waals surface area (Å²) >= 11 is 7.68. The maximum absolute atomic E-state index is 5.88. The minimum Gasteiger partial charge on any atom is -0.398 e. The highest BCUT2D eigenvalue weighted by atomic mass is 35.5. The first-order chi connectivity index (χ1) is 6.77. The van der Waals surface area contributed by atoms with Crippen molar-refractivity contribution in [2.45, 2.75) is 6.42 Å². The summed E-state index contributed by atoms with van der Waals surface area (Å²) < 4.78 is 0. The number of nitrogens with zero attached hydrogens (tertiary/aromatic N) is 1. The Balaban J connectivity index is 2.35. The molecule has 1 aromatic rings. The predicted octanol–water partition coefficient (Wildman–Crippen LogP) is 2.84. The summed E-state index contributed by atoms with van der Waals surface area (Å²) in [5.41, 5.74) is 8.94. The first-order valence-electron chi connectivity index (χ1n) is 4.45. The van der Waals surface area contributed by atoms with E-state index in [0.717, 1.165) is 29.2 Å². The molecule has 2 N–H and O–H groups in total. The van der Waals surface area contributed by atoms with Crippen LogP contribution in [0.25, 0.3) is 5.57 Å². The van der Waals surface area contributed by atoms with E-state index in [9.17, 15) is 0 Å². The SMILES string of the molecule is Nc1cc(Cl)ncc1C1=CCSCC1. The standard InChI is InChI=1S/C10H11ClN2S/c11-10-5-9(12)8(6-13-10)7-1-3-14-4-2-7/h1,5-6H,2-4H2,(H2,12,13). The van der Waals surface area contributed by atoms with Crippen molar-refractivity contribution in [2.24, 2.45) is 0 Å². The molecule has 2 rings (SSSR count). The molecule has 74 valence electrons. The summed E-state index contributed by atoms with van der Waals surface area (Å²) in [6, 6.07) is 1.71. The Bertz CT molecular complexity index is 376. The third-order valence-electron chi connectivity index (χ3n) is 2.21. The fraction of sp³-hybridized carbons (Fsp3) is 0.300. The lowest BCUT2D eigenvalue weighted by Gasteiger charge is -2.14. The zero-order valence-corrected chi connectivity index (χ0v) is 9.24. The van der Waals surface area contributed by atoms with Crippen LogP contribution >= 0.6 is 23.4 Å². The highest BCUT2D eigenvalue weighted by molar-refractivity contribution is 7.99. The zero-order valence-electron chi connectivity index (χ0n) is 7.66. The Hall–Kier alpha value is -0.670. The average Bonchev–Trinajstić information content (AvgIpc) is 2.19. The first kappa shape index (κ1) is 9.87. The van der Waals surface area contributed by atoms with Crippen LogP contribution in [-0.2, 0) is 0 Å². The molecule has 0 saturated carbocycles. The van der Waals surface area contributed by atoms with Crippen LogP contribution in [-0.4, -0.2) is 16.5 Å². The van der Waals surface area contributed by atoms with E-state index in [4.69, 9.17) is 17.3 Å². The smallest absolute Gasteiger partial charge is 0.131 e. The molecule has 0 unspecified atom stereocenters. The molecule has 1 aliphatic rings. The summed E-state index contributed by atoms with van der Waals surface area (Å²) in [6.45, 7) is 0. The minimum atomic E-state index is 0.456. The normalized spacial score (nSPS) is 16.5. The summed E-state index contributed by atoms with van der Waals surface area (Å²) in [5, 5.41) is 0.456. The van der Waals surface area contributed by atoms with Crippen molar-refractivity contribution in [1.82, 2.24) is 4.98 Å². The summed E-state index contributed by atoms with van der Waals surface area (Å²) in [7, 11) is 0. The monoisotopic (exact) mass is 226 g/mol. The number of nitrogens with two attached hydrogens (primary N) is 1. The molecule has 1 aromatic heterocycles. The summed E-state index contributed by atoms with van der Waals surface area (Å²) in [5.74, 6) is 2.23. The van der Waals surface area contributed by atoms with Crippen LogP contribution in [0, 0.1) is 0 Å². The van der Waals surface area contributed by atoms with Gasteiger partial charge >= 0.3 is 0 Å². The lowest BCUT2D eigenvalue weighted by Crippen LogP contribution is -2.00. The summed E-state index contributed by atoms with van der Waals surface area (Å²) in [6.07, 6.45) is 5.05. The van der Waals surface area contributed by atoms with Gasteiger partial charge in [0, 0.05) is 23.2 Å². The molecule has 2 nitrogen and oxygen atoms in total. The van der Waals surface area contributed by atoms with E-state index in [0.29, 0.717) is 5.15 Å². The van der Waals surface area contributed by atoms with Crippen molar-refractivity contribution in [1.29, 1.82) is 0 Å². The average molecular weight is 227 g/mol. The van der Waals surface area contributed by atoms with Gasteiger partial charge in [-0.25, -0.2) is 4.98 Å².